The molecule has 0 saturated carbocycles. The van der Waals surface area contributed by atoms with Gasteiger partial charge in [0, 0.05) is 22.5 Å². The van der Waals surface area contributed by atoms with Crippen LogP contribution in [0, 0.1) is 6.92 Å². The summed E-state index contributed by atoms with van der Waals surface area (Å²) in [6.07, 6.45) is 0.945. The van der Waals surface area contributed by atoms with Crippen molar-refractivity contribution < 1.29 is 4.79 Å². The Hall–Kier alpha value is -2.34. The van der Waals surface area contributed by atoms with Gasteiger partial charge < -0.3 is 16.0 Å². The van der Waals surface area contributed by atoms with Gasteiger partial charge in [0.25, 0.3) is 0 Å². The summed E-state index contributed by atoms with van der Waals surface area (Å²) in [6.45, 7) is 5.03. The first-order chi connectivity index (χ1) is 11.6. The maximum absolute atomic E-state index is 12.1. The van der Waals surface area contributed by atoms with Crippen LogP contribution in [0.15, 0.2) is 41.4 Å². The van der Waals surface area contributed by atoms with Crippen LogP contribution < -0.4 is 16.0 Å². The minimum atomic E-state index is -0.0989. The number of benzene rings is 1. The molecule has 0 fully saturated rings. The van der Waals surface area contributed by atoms with Crippen LogP contribution in [0.3, 0.4) is 0 Å². The third-order valence-corrected chi connectivity index (χ3v) is 4.49. The van der Waals surface area contributed by atoms with Crippen molar-refractivity contribution in [3.8, 4) is 0 Å². The molecule has 6 heteroatoms. The molecule has 5 nitrogen and oxygen atoms in total. The topological polar surface area (TPSA) is 65.5 Å². The minimum absolute atomic E-state index is 0.0989. The molecule has 0 aliphatic carbocycles. The van der Waals surface area contributed by atoms with Gasteiger partial charge in [-0.25, -0.2) is 0 Å². The molecule has 2 aromatic rings. The Morgan fingerprint density at radius 3 is 2.71 bits per heavy atom. The van der Waals surface area contributed by atoms with Crippen LogP contribution in [-0.4, -0.2) is 25.5 Å². The smallest absolute Gasteiger partial charge is 0.243 e. The number of anilines is 1. The molecule has 3 N–H and O–H groups in total. The van der Waals surface area contributed by atoms with Gasteiger partial charge in [-0.05, 0) is 43.2 Å². The molecule has 0 unspecified atom stereocenters. The van der Waals surface area contributed by atoms with Crippen molar-refractivity contribution in [3.63, 3.8) is 0 Å². The summed E-state index contributed by atoms with van der Waals surface area (Å²) in [4.78, 5) is 18.7. The Bertz CT molecular complexity index is 709. The zero-order valence-electron chi connectivity index (χ0n) is 14.3. The van der Waals surface area contributed by atoms with Crippen LogP contribution in [0.1, 0.15) is 22.2 Å². The number of aryl methyl sites for hydroxylation is 2. The average Bonchev–Trinajstić information content (AvgIpc) is 3.00. The lowest BCUT2D eigenvalue weighted by atomic mass is 10.1. The molecule has 0 radical (unpaired) electrons. The van der Waals surface area contributed by atoms with Crippen molar-refractivity contribution in [3.05, 3.63) is 51.7 Å². The van der Waals surface area contributed by atoms with Crippen LogP contribution in [0.2, 0.25) is 0 Å². The van der Waals surface area contributed by atoms with Crippen LogP contribution in [0.4, 0.5) is 5.69 Å². The highest BCUT2D eigenvalue weighted by molar-refractivity contribution is 7.11. The summed E-state index contributed by atoms with van der Waals surface area (Å²) in [5.41, 5.74) is 2.02. The van der Waals surface area contributed by atoms with Gasteiger partial charge in [-0.3, -0.25) is 9.79 Å². The van der Waals surface area contributed by atoms with Crippen molar-refractivity contribution >= 4 is 28.9 Å². The standard InChI is InChI=1S/C18H24N4OS/c1-4-14-6-5-7-15(10-14)22-17(23)12-21-18(19-3)20-11-16-9-8-13(2)24-16/h5-10H,4,11-12H2,1-3H3,(H,22,23)(H2,19,20,21). The van der Waals surface area contributed by atoms with Gasteiger partial charge in [0.1, 0.15) is 0 Å². The van der Waals surface area contributed by atoms with Crippen molar-refractivity contribution in [2.75, 3.05) is 18.9 Å². The predicted molar refractivity (Wildman–Crippen MR) is 102 cm³/mol. The van der Waals surface area contributed by atoms with Gasteiger partial charge in [-0.1, -0.05) is 19.1 Å². The van der Waals surface area contributed by atoms with E-state index in [-0.39, 0.29) is 12.5 Å². The van der Waals surface area contributed by atoms with E-state index in [2.05, 4.69) is 46.9 Å². The quantitative estimate of drug-likeness (QED) is 0.558. The number of thiophene rings is 1. The summed E-state index contributed by atoms with van der Waals surface area (Å²) in [5.74, 6) is 0.511. The molecule has 2 rings (SSSR count). The fourth-order valence-electron chi connectivity index (χ4n) is 2.21. The minimum Gasteiger partial charge on any atom is -0.352 e. The van der Waals surface area contributed by atoms with Crippen LogP contribution in [0.25, 0.3) is 0 Å². The molecule has 0 aliphatic rings. The van der Waals surface area contributed by atoms with Crippen molar-refractivity contribution in [1.29, 1.82) is 0 Å². The Kier molecular flexibility index (Phi) is 6.81. The number of carbonyl (C=O) groups is 1. The molecular formula is C18H24N4OS. The summed E-state index contributed by atoms with van der Waals surface area (Å²) in [6, 6.07) is 12.1. The fraction of sp³-hybridized carbons (Fsp3) is 0.333. The van der Waals surface area contributed by atoms with Gasteiger partial charge in [-0.15, -0.1) is 11.3 Å². The number of hydrogen-bond acceptors (Lipinski definition) is 3. The largest absolute Gasteiger partial charge is 0.352 e. The lowest BCUT2D eigenvalue weighted by Crippen LogP contribution is -2.40. The molecule has 0 aliphatic heterocycles. The Morgan fingerprint density at radius 2 is 2.04 bits per heavy atom. The van der Waals surface area contributed by atoms with E-state index in [4.69, 9.17) is 0 Å². The molecular weight excluding hydrogens is 320 g/mol. The number of hydrogen-bond donors (Lipinski definition) is 3. The molecule has 128 valence electrons. The highest BCUT2D eigenvalue weighted by atomic mass is 32.1. The summed E-state index contributed by atoms with van der Waals surface area (Å²) in [7, 11) is 1.69. The highest BCUT2D eigenvalue weighted by Crippen LogP contribution is 2.14. The lowest BCUT2D eigenvalue weighted by Gasteiger charge is -2.11. The lowest BCUT2D eigenvalue weighted by molar-refractivity contribution is -0.115. The molecule has 1 heterocycles. The first-order valence-corrected chi connectivity index (χ1v) is 8.81. The third kappa shape index (κ3) is 5.70. The number of nitrogens with zero attached hydrogens (tertiary/aromatic N) is 1. The molecule has 24 heavy (non-hydrogen) atoms. The van der Waals surface area contributed by atoms with E-state index in [0.717, 1.165) is 12.1 Å². The second-order valence-electron chi connectivity index (χ2n) is 5.39. The Morgan fingerprint density at radius 1 is 1.21 bits per heavy atom. The Labute approximate surface area is 147 Å². The number of nitrogens with one attached hydrogen (secondary N) is 3. The van der Waals surface area contributed by atoms with E-state index in [9.17, 15) is 4.79 Å². The maximum Gasteiger partial charge on any atom is 0.243 e. The molecule has 0 saturated heterocycles. The summed E-state index contributed by atoms with van der Waals surface area (Å²) < 4.78 is 0. The zero-order valence-corrected chi connectivity index (χ0v) is 15.2. The number of rotatable bonds is 6. The third-order valence-electron chi connectivity index (χ3n) is 3.49. The number of guanidine groups is 1. The second kappa shape index (κ2) is 9.08. The van der Waals surface area contributed by atoms with Crippen LogP contribution in [0.5, 0.6) is 0 Å². The van der Waals surface area contributed by atoms with Gasteiger partial charge in [-0.2, -0.15) is 0 Å². The average molecular weight is 344 g/mol. The van der Waals surface area contributed by atoms with Crippen molar-refractivity contribution in [2.45, 2.75) is 26.8 Å². The van der Waals surface area contributed by atoms with Crippen LogP contribution in [-0.2, 0) is 17.8 Å². The molecule has 0 bridgehead atoms. The monoisotopic (exact) mass is 344 g/mol. The van der Waals surface area contributed by atoms with E-state index >= 15 is 0 Å². The van der Waals surface area contributed by atoms with E-state index in [0.29, 0.717) is 12.5 Å². The summed E-state index contributed by atoms with van der Waals surface area (Å²) in [5, 5.41) is 9.12. The molecule has 0 spiro atoms. The number of carbonyl (C=O) groups excluding carboxylic acids is 1. The van der Waals surface area contributed by atoms with E-state index in [1.165, 1.54) is 15.3 Å². The van der Waals surface area contributed by atoms with Crippen molar-refractivity contribution in [2.24, 2.45) is 4.99 Å². The first kappa shape index (κ1) is 18.0. The van der Waals surface area contributed by atoms with Gasteiger partial charge in [0.2, 0.25) is 5.91 Å². The molecule has 1 amide bonds. The van der Waals surface area contributed by atoms with Crippen LogP contribution >= 0.6 is 11.3 Å². The SMILES string of the molecule is CCc1cccc(NC(=O)CNC(=NC)NCc2ccc(C)s2)c1. The van der Waals surface area contributed by atoms with E-state index < -0.39 is 0 Å². The maximum atomic E-state index is 12.1. The predicted octanol–water partition coefficient (Wildman–Crippen LogP) is 2.92. The zero-order chi connectivity index (χ0) is 17.4. The van der Waals surface area contributed by atoms with Gasteiger partial charge in [0.15, 0.2) is 5.96 Å². The summed E-state index contributed by atoms with van der Waals surface area (Å²) >= 11 is 1.75. The van der Waals surface area contributed by atoms with Gasteiger partial charge in [0.05, 0.1) is 13.1 Å². The highest BCUT2D eigenvalue weighted by Gasteiger charge is 2.05. The van der Waals surface area contributed by atoms with Gasteiger partial charge >= 0.3 is 0 Å². The number of aliphatic imine (C=N–C) groups is 1. The normalized spacial score (nSPS) is 11.2. The molecule has 0 atom stereocenters. The fourth-order valence-corrected chi connectivity index (χ4v) is 3.04. The molecule has 1 aromatic heterocycles. The van der Waals surface area contributed by atoms with E-state index in [1.807, 2.05) is 24.3 Å². The second-order valence-corrected chi connectivity index (χ2v) is 6.77. The van der Waals surface area contributed by atoms with Crippen molar-refractivity contribution in [1.82, 2.24) is 10.6 Å². The number of amides is 1. The van der Waals surface area contributed by atoms with E-state index in [1.54, 1.807) is 18.4 Å². The first-order valence-electron chi connectivity index (χ1n) is 7.99. The Balaban J connectivity index is 1.78. The molecule has 1 aromatic carbocycles.